The number of hydrogen-bond acceptors (Lipinski definition) is 5. The van der Waals surface area contributed by atoms with Gasteiger partial charge < -0.3 is 10.1 Å². The van der Waals surface area contributed by atoms with Crippen molar-refractivity contribution in [1.29, 1.82) is 0 Å². The Morgan fingerprint density at radius 1 is 1.50 bits per heavy atom. The van der Waals surface area contributed by atoms with Crippen LogP contribution in [0.1, 0.15) is 26.2 Å². The zero-order chi connectivity index (χ0) is 15.0. The zero-order valence-electron chi connectivity index (χ0n) is 11.4. The first kappa shape index (κ1) is 16.6. The minimum atomic E-state index is -2.95. The smallest absolute Gasteiger partial charge is 0.307 e. The van der Waals surface area contributed by atoms with Crippen molar-refractivity contribution < 1.29 is 22.7 Å². The number of unbranched alkanes of at least 4 members (excludes halogenated alkanes) is 1. The first-order chi connectivity index (χ1) is 9.56. The lowest BCUT2D eigenvalue weighted by Crippen LogP contribution is -2.48. The molecule has 0 fully saturated rings. The molecule has 1 rings (SSSR count). The van der Waals surface area contributed by atoms with Crippen LogP contribution in [0.2, 0.25) is 0 Å². The van der Waals surface area contributed by atoms with Crippen LogP contribution in [0.3, 0.4) is 0 Å². The van der Waals surface area contributed by atoms with Gasteiger partial charge in [-0.3, -0.25) is 9.59 Å². The van der Waals surface area contributed by atoms with Crippen LogP contribution in [0.4, 0.5) is 0 Å². The van der Waals surface area contributed by atoms with Gasteiger partial charge in [0.25, 0.3) is 0 Å². The molecule has 1 heterocycles. The van der Waals surface area contributed by atoms with Crippen molar-refractivity contribution in [3.05, 3.63) is 12.2 Å². The van der Waals surface area contributed by atoms with Crippen LogP contribution in [-0.4, -0.2) is 50.3 Å². The summed E-state index contributed by atoms with van der Waals surface area (Å²) in [6, 6.07) is -1.05. The van der Waals surface area contributed by atoms with Gasteiger partial charge in [-0.25, -0.2) is 8.42 Å². The van der Waals surface area contributed by atoms with Crippen molar-refractivity contribution in [2.24, 2.45) is 0 Å². The van der Waals surface area contributed by atoms with Gasteiger partial charge >= 0.3 is 5.97 Å². The molecule has 0 aliphatic carbocycles. The summed E-state index contributed by atoms with van der Waals surface area (Å²) in [6.45, 7) is 2.65. The second-order valence-corrected chi connectivity index (χ2v) is 5.36. The molecule has 1 aliphatic rings. The van der Waals surface area contributed by atoms with Gasteiger partial charge in [-0.2, -0.15) is 4.31 Å². The van der Waals surface area contributed by atoms with Gasteiger partial charge in [-0.15, -0.1) is 0 Å². The summed E-state index contributed by atoms with van der Waals surface area (Å²) in [5, 5.41) is 2.55. The summed E-state index contributed by atoms with van der Waals surface area (Å²) in [7, 11) is -2.95. The van der Waals surface area contributed by atoms with Crippen molar-refractivity contribution in [2.75, 3.05) is 19.7 Å². The minimum Gasteiger partial charge on any atom is -0.466 e. The summed E-state index contributed by atoms with van der Waals surface area (Å²) < 4.78 is 28.4. The van der Waals surface area contributed by atoms with E-state index in [0.717, 1.165) is 17.1 Å². The molecule has 0 bridgehead atoms. The fraction of sp³-hybridized carbons (Fsp3) is 0.667. The Morgan fingerprint density at radius 3 is 2.90 bits per heavy atom. The minimum absolute atomic E-state index is 0.0824. The summed E-state index contributed by atoms with van der Waals surface area (Å²) in [5.74, 6) is -1.05. The average molecular weight is 304 g/mol. The summed E-state index contributed by atoms with van der Waals surface area (Å²) in [5.41, 5.74) is 0. The quantitative estimate of drug-likeness (QED) is 0.301. The van der Waals surface area contributed by atoms with Crippen LogP contribution >= 0.6 is 0 Å². The highest BCUT2D eigenvalue weighted by atomic mass is 32.2. The van der Waals surface area contributed by atoms with Gasteiger partial charge in [0, 0.05) is 13.1 Å². The topological polar surface area (TPSA) is 92.8 Å². The fourth-order valence-electron chi connectivity index (χ4n) is 1.73. The third-order valence-corrected chi connectivity index (χ3v) is 3.71. The molecule has 7 nitrogen and oxygen atoms in total. The van der Waals surface area contributed by atoms with Crippen molar-refractivity contribution in [3.63, 3.8) is 0 Å². The maximum Gasteiger partial charge on any atom is 0.307 e. The molecule has 0 saturated heterocycles. The van der Waals surface area contributed by atoms with Crippen molar-refractivity contribution in [2.45, 2.75) is 32.2 Å². The second-order valence-electron chi connectivity index (χ2n) is 4.37. The molecule has 0 unspecified atom stereocenters. The molecule has 0 spiro atoms. The second kappa shape index (κ2) is 8.70. The van der Waals surface area contributed by atoms with E-state index in [9.17, 15) is 18.0 Å². The van der Waals surface area contributed by atoms with E-state index in [1.54, 1.807) is 12.2 Å². The Kier molecular flexibility index (Phi) is 7.24. The van der Waals surface area contributed by atoms with Gasteiger partial charge in [0.05, 0.1) is 13.0 Å². The first-order valence-corrected chi connectivity index (χ1v) is 7.68. The predicted octanol–water partition coefficient (Wildman–Crippen LogP) is -0.397. The maximum atomic E-state index is 11.9. The van der Waals surface area contributed by atoms with E-state index in [1.165, 1.54) is 0 Å². The van der Waals surface area contributed by atoms with Gasteiger partial charge in [-0.1, -0.05) is 25.5 Å². The average Bonchev–Trinajstić information content (AvgIpc) is 2.38. The number of rotatable bonds is 6. The number of carbonyl (C=O) groups is 2. The molecule has 114 valence electrons. The number of nitrogens with one attached hydrogen (secondary N) is 1. The van der Waals surface area contributed by atoms with Crippen LogP contribution in [-0.2, 0) is 25.2 Å². The van der Waals surface area contributed by atoms with Gasteiger partial charge in [0.1, 0.15) is 6.04 Å². The number of amides is 1. The van der Waals surface area contributed by atoms with E-state index in [2.05, 4.69) is 5.32 Å². The normalized spacial score (nSPS) is 21.9. The van der Waals surface area contributed by atoms with Crippen LogP contribution in [0.5, 0.6) is 0 Å². The Morgan fingerprint density at radius 2 is 2.25 bits per heavy atom. The zero-order valence-corrected chi connectivity index (χ0v) is 12.3. The third-order valence-electron chi connectivity index (χ3n) is 2.85. The summed E-state index contributed by atoms with van der Waals surface area (Å²) >= 11 is 0. The van der Waals surface area contributed by atoms with E-state index in [-0.39, 0.29) is 19.6 Å². The van der Waals surface area contributed by atoms with Crippen LogP contribution in [0, 0.1) is 0 Å². The molecule has 1 atom stereocenters. The molecule has 0 saturated carbocycles. The largest absolute Gasteiger partial charge is 0.466 e. The van der Waals surface area contributed by atoms with E-state index < -0.39 is 28.8 Å². The molecule has 20 heavy (non-hydrogen) atoms. The van der Waals surface area contributed by atoms with E-state index in [4.69, 9.17) is 4.74 Å². The maximum absolute atomic E-state index is 11.9. The van der Waals surface area contributed by atoms with Crippen molar-refractivity contribution >= 4 is 22.8 Å². The Hall–Kier alpha value is -1.41. The molecule has 8 heteroatoms. The van der Waals surface area contributed by atoms with Gasteiger partial charge in [0.2, 0.25) is 16.8 Å². The lowest BCUT2D eigenvalue weighted by molar-refractivity contribution is -0.146. The lowest BCUT2D eigenvalue weighted by Gasteiger charge is -2.25. The number of nitrogens with zero attached hydrogens (tertiary/aromatic N) is 1. The highest BCUT2D eigenvalue weighted by Crippen LogP contribution is 2.09. The monoisotopic (exact) mass is 304 g/mol. The summed E-state index contributed by atoms with van der Waals surface area (Å²) in [6.07, 6.45) is 4.66. The molecule has 0 radical (unpaired) electrons. The van der Waals surface area contributed by atoms with E-state index in [0.29, 0.717) is 6.54 Å². The Labute approximate surface area is 120 Å². The Balaban J connectivity index is 2.71. The molecular weight excluding hydrogens is 284 g/mol. The number of esters is 1. The van der Waals surface area contributed by atoms with Gasteiger partial charge in [0.15, 0.2) is 0 Å². The Bertz CT molecular complexity index is 439. The molecule has 1 amide bonds. The highest BCUT2D eigenvalue weighted by Gasteiger charge is 2.30. The molecule has 0 aromatic carbocycles. The number of carbonyl (C=O) groups excluding carboxylic acids is 2. The van der Waals surface area contributed by atoms with Crippen LogP contribution in [0.25, 0.3) is 0 Å². The highest BCUT2D eigenvalue weighted by molar-refractivity contribution is 7.69. The SMILES string of the molecule is CCCCOC(=O)C[C@@H]1C(=O)NC/C=C\CN1[SH](=O)=O. The fourth-order valence-corrected chi connectivity index (χ4v) is 2.37. The molecule has 0 aromatic heterocycles. The molecule has 0 aromatic rings. The van der Waals surface area contributed by atoms with E-state index >= 15 is 0 Å². The number of hydrogen-bond donors (Lipinski definition) is 2. The predicted molar refractivity (Wildman–Crippen MR) is 73.4 cm³/mol. The van der Waals surface area contributed by atoms with Gasteiger partial charge in [-0.05, 0) is 6.42 Å². The van der Waals surface area contributed by atoms with Crippen LogP contribution in [0.15, 0.2) is 12.2 Å². The standard InChI is InChI=1S/C12H20N2O5S/c1-2-3-8-19-11(15)9-10-12(16)13-6-4-5-7-14(10)20(17)18/h4-5,10,20H,2-3,6-9H2,1H3,(H,13,16)/b5-4-/t10-/m1/s1. The van der Waals surface area contributed by atoms with Crippen LogP contribution < -0.4 is 5.32 Å². The molecular formula is C12H20N2O5S. The number of thiol groups is 1. The molecule has 1 N–H and O–H groups in total. The van der Waals surface area contributed by atoms with E-state index in [1.807, 2.05) is 6.92 Å². The van der Waals surface area contributed by atoms with Crippen molar-refractivity contribution in [3.8, 4) is 0 Å². The van der Waals surface area contributed by atoms with Crippen molar-refractivity contribution in [1.82, 2.24) is 9.62 Å². The summed E-state index contributed by atoms with van der Waals surface area (Å²) in [4.78, 5) is 23.5. The number of ether oxygens (including phenoxy) is 1. The first-order valence-electron chi connectivity index (χ1n) is 6.55. The molecule has 1 aliphatic heterocycles. The third kappa shape index (κ3) is 5.30. The lowest BCUT2D eigenvalue weighted by atomic mass is 10.1.